The Morgan fingerprint density at radius 3 is 0.849 bits per heavy atom. The molecule has 0 bridgehead atoms. The van der Waals surface area contributed by atoms with Gasteiger partial charge in [0.2, 0.25) is 0 Å². The number of unbranched alkanes of at least 4 members (excludes halogenated alkanes) is 37. The molecule has 0 aromatic carbocycles. The van der Waals surface area contributed by atoms with E-state index in [0.717, 1.165) is 103 Å². The van der Waals surface area contributed by atoms with Crippen molar-refractivity contribution in [2.45, 2.75) is 335 Å². The van der Waals surface area contributed by atoms with E-state index in [4.69, 9.17) is 14.2 Å². The number of hydrogen-bond acceptors (Lipinski definition) is 6. The highest BCUT2D eigenvalue weighted by Gasteiger charge is 2.19. The lowest BCUT2D eigenvalue weighted by Gasteiger charge is -2.18. The highest BCUT2D eigenvalue weighted by molar-refractivity contribution is 5.71. The van der Waals surface area contributed by atoms with Gasteiger partial charge in [-0.1, -0.05) is 287 Å². The monoisotopic (exact) mass is 1020 g/mol. The quantitative estimate of drug-likeness (QED) is 0.0261. The fraction of sp³-hybridized carbons (Fsp3) is 0.806. The third-order valence-electron chi connectivity index (χ3n) is 14.0. The average molecular weight is 1020 g/mol. The van der Waals surface area contributed by atoms with Gasteiger partial charge in [-0.25, -0.2) is 0 Å². The first kappa shape index (κ1) is 70.1. The minimum absolute atomic E-state index is 0.0838. The van der Waals surface area contributed by atoms with Crippen molar-refractivity contribution in [1.82, 2.24) is 0 Å². The first-order valence-corrected chi connectivity index (χ1v) is 31.8. The second-order valence-corrected chi connectivity index (χ2v) is 21.3. The molecule has 0 aliphatic rings. The fourth-order valence-corrected chi connectivity index (χ4v) is 9.25. The summed E-state index contributed by atoms with van der Waals surface area (Å²) in [5.41, 5.74) is 0. The lowest BCUT2D eigenvalue weighted by atomic mass is 10.0. The number of hydrogen-bond donors (Lipinski definition) is 0. The van der Waals surface area contributed by atoms with Crippen LogP contribution in [-0.2, 0) is 28.6 Å². The van der Waals surface area contributed by atoms with Gasteiger partial charge in [0, 0.05) is 19.3 Å². The van der Waals surface area contributed by atoms with Crippen LogP contribution in [0.2, 0.25) is 0 Å². The van der Waals surface area contributed by atoms with Crippen LogP contribution in [0.25, 0.3) is 0 Å². The Hall–Kier alpha value is -2.89. The van der Waals surface area contributed by atoms with Crippen molar-refractivity contribution in [2.24, 2.45) is 0 Å². The fourth-order valence-electron chi connectivity index (χ4n) is 9.25. The maximum Gasteiger partial charge on any atom is 0.306 e. The molecular formula is C67H120O6. The number of allylic oxidation sites excluding steroid dienone is 10. The van der Waals surface area contributed by atoms with Crippen molar-refractivity contribution in [3.63, 3.8) is 0 Å². The van der Waals surface area contributed by atoms with E-state index in [1.54, 1.807) is 0 Å². The zero-order chi connectivity index (χ0) is 52.9. The Bertz CT molecular complexity index is 1310. The Balaban J connectivity index is 4.35. The Morgan fingerprint density at radius 2 is 0.534 bits per heavy atom. The second kappa shape index (κ2) is 61.7. The molecule has 6 nitrogen and oxygen atoms in total. The topological polar surface area (TPSA) is 78.9 Å². The number of carbonyl (C=O) groups excluding carboxylic acids is 3. The van der Waals surface area contributed by atoms with E-state index < -0.39 is 6.10 Å². The molecule has 0 radical (unpaired) electrons. The van der Waals surface area contributed by atoms with Gasteiger partial charge < -0.3 is 14.2 Å². The van der Waals surface area contributed by atoms with Gasteiger partial charge in [-0.05, 0) is 83.5 Å². The Kier molecular flexibility index (Phi) is 59.2. The summed E-state index contributed by atoms with van der Waals surface area (Å²) in [7, 11) is 0. The van der Waals surface area contributed by atoms with E-state index in [9.17, 15) is 14.4 Å². The lowest BCUT2D eigenvalue weighted by molar-refractivity contribution is -0.167. The number of esters is 3. The molecule has 1 atom stereocenters. The predicted molar refractivity (Wildman–Crippen MR) is 316 cm³/mol. The molecule has 73 heavy (non-hydrogen) atoms. The van der Waals surface area contributed by atoms with E-state index in [0.29, 0.717) is 19.3 Å². The summed E-state index contributed by atoms with van der Waals surface area (Å²) in [6.45, 7) is 6.55. The SMILES string of the molecule is CC/C=C\C/C=C\C/C=C\C/C=C\CCCCCCC(=O)OC(COC(=O)CCCCCCC/C=C\CCCCCCCCC)COC(=O)CCCCCCCCCCCCCCCCCCCCCCCC. The first-order chi connectivity index (χ1) is 36.0. The van der Waals surface area contributed by atoms with E-state index in [1.807, 2.05) is 0 Å². The summed E-state index contributed by atoms with van der Waals surface area (Å²) in [5.74, 6) is -0.899. The number of carbonyl (C=O) groups is 3. The van der Waals surface area contributed by atoms with Crippen molar-refractivity contribution in [3.05, 3.63) is 60.8 Å². The molecule has 0 aromatic heterocycles. The van der Waals surface area contributed by atoms with Gasteiger partial charge in [0.15, 0.2) is 6.10 Å². The van der Waals surface area contributed by atoms with Crippen molar-refractivity contribution in [3.8, 4) is 0 Å². The van der Waals surface area contributed by atoms with Gasteiger partial charge >= 0.3 is 17.9 Å². The molecule has 1 unspecified atom stereocenters. The zero-order valence-electron chi connectivity index (χ0n) is 48.7. The molecule has 0 amide bonds. The van der Waals surface area contributed by atoms with E-state index in [-0.39, 0.29) is 31.1 Å². The molecule has 0 fully saturated rings. The van der Waals surface area contributed by atoms with Gasteiger partial charge in [0.1, 0.15) is 13.2 Å². The summed E-state index contributed by atoms with van der Waals surface area (Å²) < 4.78 is 16.9. The summed E-state index contributed by atoms with van der Waals surface area (Å²) in [6, 6.07) is 0. The van der Waals surface area contributed by atoms with E-state index in [1.165, 1.54) is 186 Å². The van der Waals surface area contributed by atoms with Crippen LogP contribution in [0.1, 0.15) is 329 Å². The third-order valence-corrected chi connectivity index (χ3v) is 14.0. The Labute approximate surface area is 453 Å². The minimum Gasteiger partial charge on any atom is -0.462 e. The molecule has 0 aromatic rings. The van der Waals surface area contributed by atoms with Crippen LogP contribution < -0.4 is 0 Å². The van der Waals surface area contributed by atoms with Crippen molar-refractivity contribution in [2.75, 3.05) is 13.2 Å². The standard InChI is InChI=1S/C67H120O6/c1-4-7-10-13-16-19-22-25-28-31-32-33-34-35-37-39-42-45-48-51-54-57-60-66(69)72-63-64(62-71-65(68)59-56-53-50-47-44-41-38-30-27-24-21-18-15-12-9-6-3)73-67(70)61-58-55-52-49-46-43-40-36-29-26-23-20-17-14-11-8-5-2/h8,11,17,20,26,29-30,38,40,43,64H,4-7,9-10,12-16,18-19,21-25,27-28,31-37,39,41-42,44-63H2,1-3H3/b11-8-,20-17-,29-26-,38-30-,43-40-. The molecule has 0 saturated carbocycles. The second-order valence-electron chi connectivity index (χ2n) is 21.3. The maximum atomic E-state index is 12.9. The highest BCUT2D eigenvalue weighted by atomic mass is 16.6. The molecule has 424 valence electrons. The summed E-state index contributed by atoms with van der Waals surface area (Å²) in [5, 5.41) is 0. The number of ether oxygens (including phenoxy) is 3. The van der Waals surface area contributed by atoms with Crippen molar-refractivity contribution >= 4 is 17.9 Å². The molecule has 0 saturated heterocycles. The van der Waals surface area contributed by atoms with Crippen LogP contribution in [0, 0.1) is 0 Å². The molecule has 0 aliphatic heterocycles. The molecule has 6 heteroatoms. The average Bonchev–Trinajstić information content (AvgIpc) is 3.39. The normalized spacial score (nSPS) is 12.4. The minimum atomic E-state index is -0.790. The summed E-state index contributed by atoms with van der Waals surface area (Å²) in [4.78, 5) is 38.3. The Morgan fingerprint density at radius 1 is 0.288 bits per heavy atom. The van der Waals surface area contributed by atoms with Crippen LogP contribution >= 0.6 is 0 Å². The van der Waals surface area contributed by atoms with Crippen molar-refractivity contribution < 1.29 is 28.6 Å². The molecule has 0 aliphatic carbocycles. The van der Waals surface area contributed by atoms with Gasteiger partial charge in [0.25, 0.3) is 0 Å². The largest absolute Gasteiger partial charge is 0.462 e. The van der Waals surface area contributed by atoms with Crippen LogP contribution in [-0.4, -0.2) is 37.2 Å². The predicted octanol–water partition coefficient (Wildman–Crippen LogP) is 21.6. The molecule has 0 heterocycles. The molecule has 0 rings (SSSR count). The van der Waals surface area contributed by atoms with Gasteiger partial charge in [-0.2, -0.15) is 0 Å². The van der Waals surface area contributed by atoms with Crippen LogP contribution in [0.3, 0.4) is 0 Å². The van der Waals surface area contributed by atoms with Gasteiger partial charge in [-0.15, -0.1) is 0 Å². The van der Waals surface area contributed by atoms with Crippen molar-refractivity contribution in [1.29, 1.82) is 0 Å². The summed E-state index contributed by atoms with van der Waals surface area (Å²) >= 11 is 0. The molecule has 0 N–H and O–H groups in total. The van der Waals surface area contributed by atoms with Gasteiger partial charge in [0.05, 0.1) is 0 Å². The zero-order valence-corrected chi connectivity index (χ0v) is 48.7. The summed E-state index contributed by atoms with van der Waals surface area (Å²) in [6.07, 6.45) is 78.0. The van der Waals surface area contributed by atoms with Crippen LogP contribution in [0.5, 0.6) is 0 Å². The van der Waals surface area contributed by atoms with E-state index >= 15 is 0 Å². The molecular weight excluding hydrogens is 901 g/mol. The maximum absolute atomic E-state index is 12.9. The third kappa shape index (κ3) is 59.9. The smallest absolute Gasteiger partial charge is 0.306 e. The number of rotatable bonds is 58. The molecule has 0 spiro atoms. The highest BCUT2D eigenvalue weighted by Crippen LogP contribution is 2.17. The van der Waals surface area contributed by atoms with E-state index in [2.05, 4.69) is 81.5 Å². The lowest BCUT2D eigenvalue weighted by Crippen LogP contribution is -2.30. The first-order valence-electron chi connectivity index (χ1n) is 31.8. The van der Waals surface area contributed by atoms with Crippen LogP contribution in [0.15, 0.2) is 60.8 Å². The van der Waals surface area contributed by atoms with Gasteiger partial charge in [-0.3, -0.25) is 14.4 Å². The van der Waals surface area contributed by atoms with Crippen LogP contribution in [0.4, 0.5) is 0 Å².